The maximum absolute atomic E-state index is 13.2. The van der Waals surface area contributed by atoms with Crippen molar-refractivity contribution in [3.8, 4) is 0 Å². The number of halogens is 2. The Morgan fingerprint density at radius 1 is 1.13 bits per heavy atom. The van der Waals surface area contributed by atoms with E-state index < -0.39 is 17.8 Å². The van der Waals surface area contributed by atoms with E-state index in [1.54, 1.807) is 29.2 Å². The van der Waals surface area contributed by atoms with Gasteiger partial charge in [0.25, 0.3) is 5.91 Å². The van der Waals surface area contributed by atoms with E-state index in [1.165, 1.54) is 36.1 Å². The van der Waals surface area contributed by atoms with Crippen LogP contribution in [0, 0.1) is 5.82 Å². The molecule has 2 aromatic rings. The minimum atomic E-state index is -0.850. The molecule has 2 aromatic carbocycles. The van der Waals surface area contributed by atoms with Crippen LogP contribution in [0.25, 0.3) is 0 Å². The predicted octanol–water partition coefficient (Wildman–Crippen LogP) is 2.95. The Bertz CT molecular complexity index is 1000. The number of nitrogens with one attached hydrogen (secondary N) is 2. The summed E-state index contributed by atoms with van der Waals surface area (Å²) in [5.41, 5.74) is 0.948. The van der Waals surface area contributed by atoms with Crippen molar-refractivity contribution in [3.05, 3.63) is 59.4 Å². The Balaban J connectivity index is 1.79. The van der Waals surface area contributed by atoms with Crippen molar-refractivity contribution in [1.29, 1.82) is 0 Å². The molecule has 7 nitrogen and oxygen atoms in total. The fourth-order valence-electron chi connectivity index (χ4n) is 3.19. The standard InChI is InChI=1S/C21H20ClFN4O3S/c1-13(28)24-10-11-26-18(12-19(29)25-16-6-4-15(23)5-7-16)20(30)27(21(26)31)17-8-2-14(22)3-9-17/h2-9,18H,10-12H2,1H3,(H,24,28)(H,25,29)/t18-/m0/s1. The number of nitrogens with zero attached hydrogens (tertiary/aromatic N) is 2. The Morgan fingerprint density at radius 3 is 2.39 bits per heavy atom. The summed E-state index contributed by atoms with van der Waals surface area (Å²) in [4.78, 5) is 40.0. The Morgan fingerprint density at radius 2 is 1.77 bits per heavy atom. The molecule has 1 saturated heterocycles. The van der Waals surface area contributed by atoms with Gasteiger partial charge < -0.3 is 15.5 Å². The van der Waals surface area contributed by atoms with E-state index in [0.29, 0.717) is 16.4 Å². The average Bonchev–Trinajstić information content (AvgIpc) is 2.94. The minimum Gasteiger partial charge on any atom is -0.355 e. The molecule has 31 heavy (non-hydrogen) atoms. The van der Waals surface area contributed by atoms with Crippen molar-refractivity contribution in [2.45, 2.75) is 19.4 Å². The minimum absolute atomic E-state index is 0.166. The number of anilines is 2. The van der Waals surface area contributed by atoms with Crippen LogP contribution in [-0.2, 0) is 14.4 Å². The molecule has 1 aliphatic heterocycles. The lowest BCUT2D eigenvalue weighted by atomic mass is 10.1. The van der Waals surface area contributed by atoms with E-state index in [1.807, 2.05) is 0 Å². The van der Waals surface area contributed by atoms with Gasteiger partial charge in [0, 0.05) is 30.7 Å². The van der Waals surface area contributed by atoms with Gasteiger partial charge in [0.15, 0.2) is 5.11 Å². The predicted molar refractivity (Wildman–Crippen MR) is 120 cm³/mol. The summed E-state index contributed by atoms with van der Waals surface area (Å²) < 4.78 is 13.1. The molecule has 3 rings (SSSR count). The third-order valence-corrected chi connectivity index (χ3v) is 5.31. The van der Waals surface area contributed by atoms with Gasteiger partial charge in [0.1, 0.15) is 11.9 Å². The first-order chi connectivity index (χ1) is 14.8. The normalized spacial score (nSPS) is 15.9. The fraction of sp³-hybridized carbons (Fsp3) is 0.238. The summed E-state index contributed by atoms with van der Waals surface area (Å²) in [6.07, 6.45) is -0.166. The van der Waals surface area contributed by atoms with Crippen LogP contribution in [0.5, 0.6) is 0 Å². The maximum Gasteiger partial charge on any atom is 0.256 e. The lowest BCUT2D eigenvalue weighted by molar-refractivity contribution is -0.124. The summed E-state index contributed by atoms with van der Waals surface area (Å²) in [6, 6.07) is 11.1. The molecule has 0 aromatic heterocycles. The van der Waals surface area contributed by atoms with Crippen LogP contribution >= 0.6 is 23.8 Å². The van der Waals surface area contributed by atoms with Crippen LogP contribution < -0.4 is 15.5 Å². The van der Waals surface area contributed by atoms with E-state index in [-0.39, 0.29) is 36.4 Å². The van der Waals surface area contributed by atoms with Gasteiger partial charge in [-0.3, -0.25) is 19.3 Å². The van der Waals surface area contributed by atoms with Crippen molar-refractivity contribution in [1.82, 2.24) is 10.2 Å². The number of carbonyl (C=O) groups excluding carboxylic acids is 3. The molecule has 3 amide bonds. The van der Waals surface area contributed by atoms with Crippen molar-refractivity contribution < 1.29 is 18.8 Å². The molecule has 0 aliphatic carbocycles. The molecule has 0 spiro atoms. The lowest BCUT2D eigenvalue weighted by Gasteiger charge is -2.24. The summed E-state index contributed by atoms with van der Waals surface area (Å²) in [7, 11) is 0. The van der Waals surface area contributed by atoms with Gasteiger partial charge in [0.2, 0.25) is 11.8 Å². The zero-order chi connectivity index (χ0) is 22.5. The van der Waals surface area contributed by atoms with Crippen LogP contribution in [0.4, 0.5) is 15.8 Å². The molecule has 0 unspecified atom stereocenters. The third kappa shape index (κ3) is 5.56. The van der Waals surface area contributed by atoms with Crippen molar-refractivity contribution in [2.24, 2.45) is 0 Å². The van der Waals surface area contributed by atoms with Crippen molar-refractivity contribution in [2.75, 3.05) is 23.3 Å². The van der Waals surface area contributed by atoms with Crippen LogP contribution in [0.1, 0.15) is 13.3 Å². The van der Waals surface area contributed by atoms with Gasteiger partial charge in [-0.2, -0.15) is 0 Å². The third-order valence-electron chi connectivity index (χ3n) is 4.64. The van der Waals surface area contributed by atoms with E-state index in [2.05, 4.69) is 10.6 Å². The fourth-order valence-corrected chi connectivity index (χ4v) is 3.73. The second kappa shape index (κ2) is 9.84. The first kappa shape index (κ1) is 22.6. The maximum atomic E-state index is 13.2. The highest BCUT2D eigenvalue weighted by molar-refractivity contribution is 7.80. The van der Waals surface area contributed by atoms with Crippen LogP contribution in [0.15, 0.2) is 48.5 Å². The number of hydrogen-bond acceptors (Lipinski definition) is 4. The number of amides is 3. The molecule has 1 fully saturated rings. The molecule has 162 valence electrons. The van der Waals surface area contributed by atoms with Gasteiger partial charge in [-0.25, -0.2) is 4.39 Å². The quantitative estimate of drug-likeness (QED) is 0.618. The van der Waals surface area contributed by atoms with E-state index in [9.17, 15) is 18.8 Å². The van der Waals surface area contributed by atoms with Crippen LogP contribution in [-0.4, -0.2) is 46.9 Å². The highest BCUT2D eigenvalue weighted by atomic mass is 35.5. The molecule has 1 aliphatic rings. The van der Waals surface area contributed by atoms with Crippen LogP contribution in [0.3, 0.4) is 0 Å². The van der Waals surface area contributed by atoms with E-state index >= 15 is 0 Å². The monoisotopic (exact) mass is 462 g/mol. The van der Waals surface area contributed by atoms with Crippen molar-refractivity contribution >= 4 is 58.0 Å². The number of carbonyl (C=O) groups is 3. The number of hydrogen-bond donors (Lipinski definition) is 2. The zero-order valence-corrected chi connectivity index (χ0v) is 18.2. The second-order valence-electron chi connectivity index (χ2n) is 6.88. The summed E-state index contributed by atoms with van der Waals surface area (Å²) in [5, 5.41) is 6.07. The van der Waals surface area contributed by atoms with Crippen molar-refractivity contribution in [3.63, 3.8) is 0 Å². The molecule has 2 N–H and O–H groups in total. The van der Waals surface area contributed by atoms with Gasteiger partial charge in [-0.1, -0.05) is 11.6 Å². The molecule has 10 heteroatoms. The highest BCUT2D eigenvalue weighted by Gasteiger charge is 2.43. The van der Waals surface area contributed by atoms with Gasteiger partial charge in [0.05, 0.1) is 12.1 Å². The Kier molecular flexibility index (Phi) is 7.19. The molecule has 1 heterocycles. The van der Waals surface area contributed by atoms with Gasteiger partial charge >= 0.3 is 0 Å². The Labute approximate surface area is 189 Å². The molecule has 0 saturated carbocycles. The topological polar surface area (TPSA) is 81.8 Å². The molecule has 0 radical (unpaired) electrons. The zero-order valence-electron chi connectivity index (χ0n) is 16.6. The summed E-state index contributed by atoms with van der Waals surface area (Å²) in [6.45, 7) is 1.90. The van der Waals surface area contributed by atoms with E-state index in [0.717, 1.165) is 0 Å². The smallest absolute Gasteiger partial charge is 0.256 e. The molecular formula is C21H20ClFN4O3S. The summed E-state index contributed by atoms with van der Waals surface area (Å²) >= 11 is 11.5. The second-order valence-corrected chi connectivity index (χ2v) is 7.69. The number of rotatable bonds is 7. The largest absolute Gasteiger partial charge is 0.355 e. The number of benzene rings is 2. The van der Waals surface area contributed by atoms with E-state index in [4.69, 9.17) is 23.8 Å². The van der Waals surface area contributed by atoms with Gasteiger partial charge in [-0.05, 0) is 60.7 Å². The molecular weight excluding hydrogens is 443 g/mol. The molecule has 0 bridgehead atoms. The number of thiocarbonyl (C=S) groups is 1. The van der Waals surface area contributed by atoms with Gasteiger partial charge in [-0.15, -0.1) is 0 Å². The van der Waals surface area contributed by atoms with Crippen LogP contribution in [0.2, 0.25) is 5.02 Å². The first-order valence-corrected chi connectivity index (χ1v) is 10.2. The lowest BCUT2D eigenvalue weighted by Crippen LogP contribution is -2.42. The highest BCUT2D eigenvalue weighted by Crippen LogP contribution is 2.28. The average molecular weight is 463 g/mol. The SMILES string of the molecule is CC(=O)NCCN1C(=S)N(c2ccc(Cl)cc2)C(=O)[C@@H]1CC(=O)Nc1ccc(F)cc1. The molecule has 1 atom stereocenters. The summed E-state index contributed by atoms with van der Waals surface area (Å²) in [5.74, 6) is -1.41. The first-order valence-electron chi connectivity index (χ1n) is 9.46. The Hall–Kier alpha value is -3.04.